The van der Waals surface area contributed by atoms with E-state index in [0.717, 1.165) is 0 Å². The number of carbonyl (C=O) groups excluding carboxylic acids is 1. The third-order valence-corrected chi connectivity index (χ3v) is 2.27. The van der Waals surface area contributed by atoms with Crippen molar-refractivity contribution in [2.24, 2.45) is 0 Å². The van der Waals surface area contributed by atoms with E-state index in [-0.39, 0.29) is 18.3 Å². The minimum absolute atomic E-state index is 0.294. The van der Waals surface area contributed by atoms with Gasteiger partial charge in [0.25, 0.3) is 5.91 Å². The summed E-state index contributed by atoms with van der Waals surface area (Å²) in [6, 6.07) is 5.59. The molecule has 1 aromatic carbocycles. The molecule has 0 spiro atoms. The van der Waals surface area contributed by atoms with Crippen molar-refractivity contribution in [3.8, 4) is 0 Å². The van der Waals surface area contributed by atoms with Gasteiger partial charge in [-0.1, -0.05) is 0 Å². The first-order valence-electron chi connectivity index (χ1n) is 5.39. The molecule has 0 unspecified atom stereocenters. The van der Waals surface area contributed by atoms with Crippen molar-refractivity contribution < 1.29 is 18.7 Å². The maximum atomic E-state index is 12.8. The third-order valence-electron chi connectivity index (χ3n) is 2.27. The van der Waals surface area contributed by atoms with E-state index in [1.165, 1.54) is 36.3 Å². The molecule has 0 fully saturated rings. The van der Waals surface area contributed by atoms with E-state index in [4.69, 9.17) is 10.1 Å². The minimum Gasteiger partial charge on any atom is -0.454 e. The number of amides is 1. The largest absolute Gasteiger partial charge is 0.454 e. The second kappa shape index (κ2) is 6.58. The van der Waals surface area contributed by atoms with Crippen molar-refractivity contribution in [2.75, 3.05) is 25.2 Å². The molecule has 1 N–H and O–H groups in total. The Kier molecular flexibility index (Phi) is 5.10. The van der Waals surface area contributed by atoms with Crippen LogP contribution in [0, 0.1) is 11.2 Å². The van der Waals surface area contributed by atoms with E-state index in [1.807, 2.05) is 0 Å². The highest BCUT2D eigenvalue weighted by atomic mass is 19.1. The van der Waals surface area contributed by atoms with Crippen molar-refractivity contribution in [3.05, 3.63) is 30.1 Å². The summed E-state index contributed by atoms with van der Waals surface area (Å²) in [5, 5.41) is 7.10. The number of methoxy groups -OCH3 is 1. The molecule has 1 rings (SSSR count). The summed E-state index contributed by atoms with van der Waals surface area (Å²) in [7, 11) is 1.28. The number of halogens is 1. The monoisotopic (exact) mass is 254 g/mol. The number of carbonyl (C=O) groups is 1. The number of hydrogen-bond donors (Lipinski definition) is 1. The number of benzene rings is 1. The summed E-state index contributed by atoms with van der Waals surface area (Å²) < 4.78 is 22.0. The molecular weight excluding hydrogens is 239 g/mol. The van der Waals surface area contributed by atoms with Gasteiger partial charge in [0.2, 0.25) is 0 Å². The molecule has 0 atom stereocenters. The van der Waals surface area contributed by atoms with Gasteiger partial charge >= 0.3 is 6.08 Å². The lowest BCUT2D eigenvalue weighted by Crippen LogP contribution is -2.34. The highest BCUT2D eigenvalue weighted by Crippen LogP contribution is 2.14. The van der Waals surface area contributed by atoms with Crippen LogP contribution in [0.25, 0.3) is 0 Å². The summed E-state index contributed by atoms with van der Waals surface area (Å²) in [6.45, 7) is 1.93. The molecule has 6 heteroatoms. The molecule has 0 heterocycles. The maximum absolute atomic E-state index is 12.8. The zero-order chi connectivity index (χ0) is 13.5. The van der Waals surface area contributed by atoms with Gasteiger partial charge in [0.15, 0.2) is 6.61 Å². The van der Waals surface area contributed by atoms with Crippen molar-refractivity contribution in [1.82, 2.24) is 0 Å². The minimum atomic E-state index is -0.418. The summed E-state index contributed by atoms with van der Waals surface area (Å²) in [5.74, 6) is -0.689. The fraction of sp³-hybridized carbons (Fsp3) is 0.333. The highest BCUT2D eigenvalue weighted by Gasteiger charge is 2.15. The second-order valence-corrected chi connectivity index (χ2v) is 3.39. The molecule has 1 aromatic rings. The second-order valence-electron chi connectivity index (χ2n) is 3.39. The standard InChI is InChI=1S/C12H15FN2O3/c1-3-15(10-6-4-9(13)5-7-10)11(16)8-18-12(14)17-2/h4-7,14H,3,8H2,1-2H3. The Morgan fingerprint density at radius 2 is 2.00 bits per heavy atom. The topological polar surface area (TPSA) is 62.6 Å². The molecule has 98 valence electrons. The van der Waals surface area contributed by atoms with Crippen molar-refractivity contribution in [3.63, 3.8) is 0 Å². The van der Waals surface area contributed by atoms with Crippen LogP contribution in [0.5, 0.6) is 0 Å². The van der Waals surface area contributed by atoms with Gasteiger partial charge in [0, 0.05) is 12.2 Å². The number of anilines is 1. The van der Waals surface area contributed by atoms with E-state index in [1.54, 1.807) is 6.92 Å². The Morgan fingerprint density at radius 3 is 2.50 bits per heavy atom. The van der Waals surface area contributed by atoms with E-state index in [0.29, 0.717) is 12.2 Å². The number of nitrogens with zero attached hydrogens (tertiary/aromatic N) is 1. The van der Waals surface area contributed by atoms with Gasteiger partial charge in [-0.2, -0.15) is 0 Å². The smallest absolute Gasteiger partial charge is 0.380 e. The SMILES string of the molecule is CCN(C(=O)COC(=N)OC)c1ccc(F)cc1. The molecule has 0 saturated heterocycles. The predicted molar refractivity (Wildman–Crippen MR) is 65.1 cm³/mol. The van der Waals surface area contributed by atoms with Gasteiger partial charge < -0.3 is 14.4 Å². The first-order valence-corrected chi connectivity index (χ1v) is 5.39. The zero-order valence-electron chi connectivity index (χ0n) is 10.3. The molecule has 5 nitrogen and oxygen atoms in total. The van der Waals surface area contributed by atoms with Crippen LogP contribution < -0.4 is 4.90 Å². The van der Waals surface area contributed by atoms with Crippen molar-refractivity contribution in [1.29, 1.82) is 5.41 Å². The third kappa shape index (κ3) is 3.73. The van der Waals surface area contributed by atoms with Gasteiger partial charge in [0.1, 0.15) is 5.82 Å². The molecule has 0 aliphatic carbocycles. The predicted octanol–water partition coefficient (Wildman–Crippen LogP) is 1.78. The van der Waals surface area contributed by atoms with Gasteiger partial charge in [-0.15, -0.1) is 0 Å². The van der Waals surface area contributed by atoms with E-state index in [2.05, 4.69) is 4.74 Å². The van der Waals surface area contributed by atoms with Gasteiger partial charge in [-0.3, -0.25) is 4.79 Å². The van der Waals surface area contributed by atoms with Crippen LogP contribution in [0.2, 0.25) is 0 Å². The Morgan fingerprint density at radius 1 is 1.39 bits per heavy atom. The molecule has 1 amide bonds. The van der Waals surface area contributed by atoms with Gasteiger partial charge in [-0.05, 0) is 31.2 Å². The number of hydrogen-bond acceptors (Lipinski definition) is 4. The first kappa shape index (κ1) is 14.0. The lowest BCUT2D eigenvalue weighted by molar-refractivity contribution is -0.121. The van der Waals surface area contributed by atoms with Crippen LogP contribution in [-0.4, -0.2) is 32.3 Å². The quantitative estimate of drug-likeness (QED) is 0.658. The lowest BCUT2D eigenvalue weighted by atomic mass is 10.2. The first-order chi connectivity index (χ1) is 8.58. The number of nitrogens with one attached hydrogen (secondary N) is 1. The highest BCUT2D eigenvalue weighted by molar-refractivity contribution is 5.94. The molecule has 0 aliphatic heterocycles. The Hall–Kier alpha value is -2.11. The summed E-state index contributed by atoms with van der Waals surface area (Å²) in [4.78, 5) is 13.3. The van der Waals surface area contributed by atoms with Crippen molar-refractivity contribution in [2.45, 2.75) is 6.92 Å². The zero-order valence-corrected chi connectivity index (χ0v) is 10.3. The number of ether oxygens (including phenoxy) is 2. The lowest BCUT2D eigenvalue weighted by Gasteiger charge is -2.20. The maximum Gasteiger partial charge on any atom is 0.380 e. The molecular formula is C12H15FN2O3. The normalized spacial score (nSPS) is 9.72. The Balaban J connectivity index is 2.68. The Labute approximate surface area is 105 Å². The fourth-order valence-corrected chi connectivity index (χ4v) is 1.39. The van der Waals surface area contributed by atoms with Crippen LogP contribution in [0.4, 0.5) is 10.1 Å². The fourth-order valence-electron chi connectivity index (χ4n) is 1.39. The van der Waals surface area contributed by atoms with E-state index in [9.17, 15) is 9.18 Å². The number of rotatable bonds is 4. The van der Waals surface area contributed by atoms with E-state index >= 15 is 0 Å². The summed E-state index contributed by atoms with van der Waals surface area (Å²) in [6.07, 6.45) is -0.418. The van der Waals surface area contributed by atoms with Crippen LogP contribution in [0.1, 0.15) is 6.92 Å². The van der Waals surface area contributed by atoms with Gasteiger partial charge in [-0.25, -0.2) is 9.80 Å². The van der Waals surface area contributed by atoms with Gasteiger partial charge in [0.05, 0.1) is 7.11 Å². The Bertz CT molecular complexity index is 420. The van der Waals surface area contributed by atoms with E-state index < -0.39 is 6.08 Å². The van der Waals surface area contributed by atoms with Crippen LogP contribution in [0.15, 0.2) is 24.3 Å². The molecule has 0 aromatic heterocycles. The average molecular weight is 254 g/mol. The summed E-state index contributed by atoms with van der Waals surface area (Å²) >= 11 is 0. The van der Waals surface area contributed by atoms with Crippen LogP contribution in [0.3, 0.4) is 0 Å². The van der Waals surface area contributed by atoms with Crippen LogP contribution >= 0.6 is 0 Å². The average Bonchev–Trinajstić information content (AvgIpc) is 2.39. The summed E-state index contributed by atoms with van der Waals surface area (Å²) in [5.41, 5.74) is 0.580. The molecule has 0 bridgehead atoms. The molecule has 18 heavy (non-hydrogen) atoms. The molecule has 0 saturated carbocycles. The number of likely N-dealkylation sites (N-methyl/N-ethyl adjacent to an activating group) is 1. The molecule has 0 aliphatic rings. The van der Waals surface area contributed by atoms with Crippen LogP contribution in [-0.2, 0) is 14.3 Å². The molecule has 0 radical (unpaired) electrons. The van der Waals surface area contributed by atoms with Crippen molar-refractivity contribution >= 4 is 17.7 Å².